The van der Waals surface area contributed by atoms with E-state index in [0.717, 1.165) is 55.2 Å². The number of carbonyl (C=O) groups excluding carboxylic acids is 1. The van der Waals surface area contributed by atoms with Gasteiger partial charge in [-0.25, -0.2) is 0 Å². The smallest absolute Gasteiger partial charge is 0.302 e. The first-order valence-corrected chi connectivity index (χ1v) is 9.38. The summed E-state index contributed by atoms with van der Waals surface area (Å²) in [5, 5.41) is 18.4. The summed E-state index contributed by atoms with van der Waals surface area (Å²) in [5.74, 6) is -0.264. The summed E-state index contributed by atoms with van der Waals surface area (Å²) in [6, 6.07) is 0. The average molecular weight is 365 g/mol. The van der Waals surface area contributed by atoms with Crippen molar-refractivity contribution in [1.29, 1.82) is 0 Å². The summed E-state index contributed by atoms with van der Waals surface area (Å²) in [6.07, 6.45) is 13.4. The van der Waals surface area contributed by atoms with Crippen molar-refractivity contribution in [2.75, 3.05) is 19.8 Å². The molecule has 0 heterocycles. The van der Waals surface area contributed by atoms with E-state index in [2.05, 4.69) is 32.1 Å². The summed E-state index contributed by atoms with van der Waals surface area (Å²) in [7, 11) is 0. The molecule has 0 aromatic heterocycles. The van der Waals surface area contributed by atoms with Crippen molar-refractivity contribution in [2.45, 2.75) is 66.2 Å². The summed E-state index contributed by atoms with van der Waals surface area (Å²) in [6.45, 7) is 8.05. The van der Waals surface area contributed by atoms with Gasteiger partial charge in [0.2, 0.25) is 0 Å². The molecule has 0 aromatic rings. The number of ether oxygens (including phenoxy) is 1. The van der Waals surface area contributed by atoms with Crippen LogP contribution in [0.4, 0.5) is 0 Å². The number of carbonyl (C=O) groups is 1. The minimum Gasteiger partial charge on any atom is -0.461 e. The molecule has 0 radical (unpaired) electrons. The first-order chi connectivity index (χ1) is 12.4. The van der Waals surface area contributed by atoms with Gasteiger partial charge in [-0.1, -0.05) is 35.5 Å². The van der Waals surface area contributed by atoms with Gasteiger partial charge in [-0.3, -0.25) is 4.79 Å². The molecule has 148 valence electrons. The van der Waals surface area contributed by atoms with Crippen molar-refractivity contribution in [1.82, 2.24) is 0 Å². The molecule has 0 aliphatic heterocycles. The Kier molecular flexibility index (Phi) is 14.6. The number of rotatable bonds is 13. The molecule has 4 heteroatoms. The van der Waals surface area contributed by atoms with Gasteiger partial charge in [0.15, 0.2) is 0 Å². The molecule has 0 amide bonds. The first-order valence-electron chi connectivity index (χ1n) is 9.38. The standard InChI is InChI=1S/C22H36O4/c1-18(2)8-5-12-22(17-26-20(4)25)13-7-11-21(16-24)10-6-9-19(3)14-15-23/h8,10,13-14,23-24H,5-7,9,11-12,15-17H2,1-4H3/b19-14-,21-10+,22-13+. The van der Waals surface area contributed by atoms with E-state index in [9.17, 15) is 9.90 Å². The van der Waals surface area contributed by atoms with E-state index >= 15 is 0 Å². The van der Waals surface area contributed by atoms with E-state index in [0.29, 0.717) is 6.61 Å². The monoisotopic (exact) mass is 364 g/mol. The largest absolute Gasteiger partial charge is 0.461 e. The molecule has 0 rings (SSSR count). The van der Waals surface area contributed by atoms with Gasteiger partial charge in [0.1, 0.15) is 6.61 Å². The Hall–Kier alpha value is -1.65. The molecular weight excluding hydrogens is 328 g/mol. The zero-order valence-corrected chi connectivity index (χ0v) is 16.9. The molecule has 4 nitrogen and oxygen atoms in total. The van der Waals surface area contributed by atoms with Gasteiger partial charge in [0.05, 0.1) is 13.2 Å². The fraction of sp³-hybridized carbons (Fsp3) is 0.591. The Balaban J connectivity index is 4.59. The van der Waals surface area contributed by atoms with Gasteiger partial charge in [-0.05, 0) is 70.4 Å². The van der Waals surface area contributed by atoms with Crippen LogP contribution in [0.2, 0.25) is 0 Å². The molecular formula is C22H36O4. The molecule has 0 aromatic carbocycles. The Bertz CT molecular complexity index is 520. The van der Waals surface area contributed by atoms with Gasteiger partial charge in [-0.2, -0.15) is 0 Å². The second kappa shape index (κ2) is 15.6. The van der Waals surface area contributed by atoms with Crippen molar-refractivity contribution in [3.8, 4) is 0 Å². The highest BCUT2D eigenvalue weighted by molar-refractivity contribution is 5.66. The first kappa shape index (κ1) is 24.4. The van der Waals surface area contributed by atoms with Crippen LogP contribution in [0.15, 0.2) is 46.6 Å². The van der Waals surface area contributed by atoms with Gasteiger partial charge in [0, 0.05) is 6.92 Å². The van der Waals surface area contributed by atoms with Gasteiger partial charge < -0.3 is 14.9 Å². The quantitative estimate of drug-likeness (QED) is 0.369. The normalized spacial score (nSPS) is 12.9. The second-order valence-electron chi connectivity index (χ2n) is 6.79. The fourth-order valence-corrected chi connectivity index (χ4v) is 2.44. The van der Waals surface area contributed by atoms with Crippen LogP contribution in [0, 0.1) is 0 Å². The molecule has 0 aliphatic carbocycles. The predicted molar refractivity (Wildman–Crippen MR) is 108 cm³/mol. The summed E-state index contributed by atoms with van der Waals surface area (Å²) >= 11 is 0. The lowest BCUT2D eigenvalue weighted by Crippen LogP contribution is -2.03. The lowest BCUT2D eigenvalue weighted by atomic mass is 10.0. The summed E-state index contributed by atoms with van der Waals surface area (Å²) in [5.41, 5.74) is 4.59. The lowest BCUT2D eigenvalue weighted by Gasteiger charge is -2.08. The molecule has 26 heavy (non-hydrogen) atoms. The van der Waals surface area contributed by atoms with Gasteiger partial charge in [-0.15, -0.1) is 0 Å². The van der Waals surface area contributed by atoms with Crippen molar-refractivity contribution >= 4 is 5.97 Å². The highest BCUT2D eigenvalue weighted by Gasteiger charge is 2.02. The molecule has 0 bridgehead atoms. The maximum absolute atomic E-state index is 11.1. The molecule has 0 atom stereocenters. The number of aliphatic hydroxyl groups is 2. The molecule has 2 N–H and O–H groups in total. The van der Waals surface area contributed by atoms with Crippen LogP contribution in [0.3, 0.4) is 0 Å². The van der Waals surface area contributed by atoms with Crippen LogP contribution in [-0.2, 0) is 9.53 Å². The minimum absolute atomic E-state index is 0.0631. The van der Waals surface area contributed by atoms with Crippen molar-refractivity contribution < 1.29 is 19.7 Å². The highest BCUT2D eigenvalue weighted by Crippen LogP contribution is 2.14. The average Bonchev–Trinajstić information content (AvgIpc) is 2.57. The second-order valence-corrected chi connectivity index (χ2v) is 6.79. The third-order valence-corrected chi connectivity index (χ3v) is 3.99. The molecule has 0 saturated heterocycles. The predicted octanol–water partition coefficient (Wildman–Crippen LogP) is 4.64. The topological polar surface area (TPSA) is 66.8 Å². The van der Waals surface area contributed by atoms with Crippen LogP contribution in [-0.4, -0.2) is 36.0 Å². The van der Waals surface area contributed by atoms with Crippen LogP contribution >= 0.6 is 0 Å². The Morgan fingerprint density at radius 2 is 1.38 bits per heavy atom. The number of hydrogen-bond acceptors (Lipinski definition) is 4. The SMILES string of the molecule is CC(=O)OC/C(=C/CC/C(=C\CC/C(C)=C\CO)CO)CCC=C(C)C. The van der Waals surface area contributed by atoms with E-state index in [-0.39, 0.29) is 19.2 Å². The maximum atomic E-state index is 11.1. The summed E-state index contributed by atoms with van der Waals surface area (Å²) in [4.78, 5) is 11.1. The molecule has 0 aliphatic rings. The van der Waals surface area contributed by atoms with E-state index in [1.807, 2.05) is 13.0 Å². The zero-order valence-electron chi connectivity index (χ0n) is 16.9. The van der Waals surface area contributed by atoms with E-state index in [1.54, 1.807) is 0 Å². The van der Waals surface area contributed by atoms with E-state index in [4.69, 9.17) is 9.84 Å². The van der Waals surface area contributed by atoms with Crippen LogP contribution in [0.1, 0.15) is 66.2 Å². The van der Waals surface area contributed by atoms with Crippen molar-refractivity contribution in [3.63, 3.8) is 0 Å². The van der Waals surface area contributed by atoms with Gasteiger partial charge in [0.25, 0.3) is 0 Å². The number of esters is 1. The highest BCUT2D eigenvalue weighted by atomic mass is 16.5. The van der Waals surface area contributed by atoms with Gasteiger partial charge >= 0.3 is 5.97 Å². The van der Waals surface area contributed by atoms with Crippen LogP contribution in [0.25, 0.3) is 0 Å². The minimum atomic E-state index is -0.264. The fourth-order valence-electron chi connectivity index (χ4n) is 2.44. The third-order valence-electron chi connectivity index (χ3n) is 3.99. The number of aliphatic hydroxyl groups excluding tert-OH is 2. The third kappa shape index (κ3) is 14.7. The molecule has 0 fully saturated rings. The van der Waals surface area contributed by atoms with Crippen molar-refractivity contribution in [3.05, 3.63) is 46.6 Å². The Labute approximate surface area is 159 Å². The Morgan fingerprint density at radius 1 is 0.808 bits per heavy atom. The van der Waals surface area contributed by atoms with Crippen molar-refractivity contribution in [2.24, 2.45) is 0 Å². The number of allylic oxidation sites excluding steroid dienone is 5. The van der Waals surface area contributed by atoms with Crippen LogP contribution < -0.4 is 0 Å². The Morgan fingerprint density at radius 3 is 1.96 bits per heavy atom. The van der Waals surface area contributed by atoms with E-state index in [1.165, 1.54) is 12.5 Å². The molecule has 0 unspecified atom stereocenters. The lowest BCUT2D eigenvalue weighted by molar-refractivity contribution is -0.140. The molecule has 0 saturated carbocycles. The number of hydrogen-bond donors (Lipinski definition) is 2. The maximum Gasteiger partial charge on any atom is 0.302 e. The van der Waals surface area contributed by atoms with Crippen LogP contribution in [0.5, 0.6) is 0 Å². The zero-order chi connectivity index (χ0) is 19.8. The van der Waals surface area contributed by atoms with E-state index < -0.39 is 0 Å². The summed E-state index contributed by atoms with van der Waals surface area (Å²) < 4.78 is 5.14. The molecule has 0 spiro atoms.